The minimum atomic E-state index is 0.654. The van der Waals surface area contributed by atoms with Crippen molar-refractivity contribution in [2.75, 3.05) is 26.3 Å². The summed E-state index contributed by atoms with van der Waals surface area (Å²) in [6, 6.07) is 13.5. The highest BCUT2D eigenvalue weighted by atomic mass is 32.1. The van der Waals surface area contributed by atoms with Crippen molar-refractivity contribution in [3.05, 3.63) is 53.4 Å². The van der Waals surface area contributed by atoms with Crippen molar-refractivity contribution in [3.8, 4) is 28.5 Å². The highest BCUT2D eigenvalue weighted by Crippen LogP contribution is 2.33. The van der Waals surface area contributed by atoms with Gasteiger partial charge in [-0.15, -0.1) is 11.3 Å². The van der Waals surface area contributed by atoms with E-state index in [0.29, 0.717) is 23.2 Å². The van der Waals surface area contributed by atoms with Crippen LogP contribution in [0.2, 0.25) is 0 Å². The van der Waals surface area contributed by atoms with Crippen LogP contribution in [0.3, 0.4) is 0 Å². The van der Waals surface area contributed by atoms with Crippen molar-refractivity contribution in [1.82, 2.24) is 4.98 Å². The van der Waals surface area contributed by atoms with Gasteiger partial charge in [-0.3, -0.25) is 5.43 Å². The number of methoxy groups -OCH3 is 2. The van der Waals surface area contributed by atoms with Gasteiger partial charge < -0.3 is 14.2 Å². The Kier molecular flexibility index (Phi) is 6.27. The maximum Gasteiger partial charge on any atom is 0.203 e. The van der Waals surface area contributed by atoms with Crippen LogP contribution in [-0.4, -0.2) is 32.0 Å². The summed E-state index contributed by atoms with van der Waals surface area (Å²) in [5.74, 6) is 2.21. The molecule has 2 aromatic carbocycles. The Labute approximate surface area is 162 Å². The molecule has 0 bridgehead atoms. The Hall–Kier alpha value is -3.06. The largest absolute Gasteiger partial charge is 0.494 e. The Bertz CT molecular complexity index is 907. The molecular weight excluding hydrogens is 362 g/mol. The van der Waals surface area contributed by atoms with E-state index in [0.717, 1.165) is 22.6 Å². The molecule has 1 N–H and O–H groups in total. The van der Waals surface area contributed by atoms with Crippen molar-refractivity contribution in [2.45, 2.75) is 6.92 Å². The van der Waals surface area contributed by atoms with Crippen LogP contribution in [-0.2, 0) is 0 Å². The SMILES string of the molecule is CCOc1ccc(/C=N/Nc2nc(-c3ccc(OC)c(OC)c3)cs2)cc1. The molecule has 3 rings (SSSR count). The van der Waals surface area contributed by atoms with E-state index < -0.39 is 0 Å². The number of rotatable bonds is 8. The van der Waals surface area contributed by atoms with Crippen molar-refractivity contribution < 1.29 is 14.2 Å². The van der Waals surface area contributed by atoms with Gasteiger partial charge >= 0.3 is 0 Å². The Morgan fingerprint density at radius 2 is 1.85 bits per heavy atom. The van der Waals surface area contributed by atoms with Crippen LogP contribution >= 0.6 is 11.3 Å². The predicted molar refractivity (Wildman–Crippen MR) is 109 cm³/mol. The summed E-state index contributed by atoms with van der Waals surface area (Å²) in [6.45, 7) is 2.62. The van der Waals surface area contributed by atoms with Gasteiger partial charge in [-0.2, -0.15) is 5.10 Å². The van der Waals surface area contributed by atoms with Gasteiger partial charge in [0.05, 0.1) is 32.7 Å². The van der Waals surface area contributed by atoms with Gasteiger partial charge in [0.2, 0.25) is 5.13 Å². The normalized spacial score (nSPS) is 10.8. The maximum atomic E-state index is 5.43. The lowest BCUT2D eigenvalue weighted by Crippen LogP contribution is -1.93. The van der Waals surface area contributed by atoms with Gasteiger partial charge in [0.1, 0.15) is 5.75 Å². The van der Waals surface area contributed by atoms with E-state index in [2.05, 4.69) is 15.5 Å². The third-order valence-electron chi connectivity index (χ3n) is 3.75. The first-order chi connectivity index (χ1) is 13.2. The van der Waals surface area contributed by atoms with Crippen molar-refractivity contribution in [1.29, 1.82) is 0 Å². The molecule has 0 atom stereocenters. The second kappa shape index (κ2) is 9.05. The van der Waals surface area contributed by atoms with E-state index >= 15 is 0 Å². The van der Waals surface area contributed by atoms with Crippen LogP contribution in [0.25, 0.3) is 11.3 Å². The third kappa shape index (κ3) is 4.77. The van der Waals surface area contributed by atoms with Crippen molar-refractivity contribution in [2.24, 2.45) is 5.10 Å². The molecule has 0 aliphatic heterocycles. The van der Waals surface area contributed by atoms with Gasteiger partial charge in [-0.1, -0.05) is 0 Å². The monoisotopic (exact) mass is 383 g/mol. The molecule has 0 aliphatic rings. The number of anilines is 1. The van der Waals surface area contributed by atoms with Gasteiger partial charge in [0.25, 0.3) is 0 Å². The van der Waals surface area contributed by atoms with Crippen molar-refractivity contribution >= 4 is 22.7 Å². The number of ether oxygens (including phenoxy) is 3. The summed E-state index contributed by atoms with van der Waals surface area (Å²) in [5.41, 5.74) is 5.74. The lowest BCUT2D eigenvalue weighted by Gasteiger charge is -2.08. The molecule has 1 aromatic heterocycles. The van der Waals surface area contributed by atoms with Crippen molar-refractivity contribution in [3.63, 3.8) is 0 Å². The molecule has 0 unspecified atom stereocenters. The molecule has 1 heterocycles. The summed E-state index contributed by atoms with van der Waals surface area (Å²) >= 11 is 1.48. The van der Waals surface area contributed by atoms with Gasteiger partial charge in [0, 0.05) is 10.9 Å². The second-order valence-electron chi connectivity index (χ2n) is 5.48. The van der Waals surface area contributed by atoms with Gasteiger partial charge in [0.15, 0.2) is 11.5 Å². The predicted octanol–water partition coefficient (Wildman–Crippen LogP) is 4.67. The second-order valence-corrected chi connectivity index (χ2v) is 6.34. The van der Waals surface area contributed by atoms with E-state index in [-0.39, 0.29) is 0 Å². The van der Waals surface area contributed by atoms with E-state index in [1.54, 1.807) is 20.4 Å². The number of hydrogen-bond donors (Lipinski definition) is 1. The molecule has 0 saturated heterocycles. The van der Waals surface area contributed by atoms with E-state index in [9.17, 15) is 0 Å². The Balaban J connectivity index is 1.65. The molecule has 3 aromatic rings. The minimum Gasteiger partial charge on any atom is -0.494 e. The minimum absolute atomic E-state index is 0.654. The molecule has 0 fully saturated rings. The Morgan fingerprint density at radius 3 is 2.56 bits per heavy atom. The van der Waals surface area contributed by atoms with Crippen LogP contribution in [0, 0.1) is 0 Å². The summed E-state index contributed by atoms with van der Waals surface area (Å²) in [7, 11) is 3.23. The topological polar surface area (TPSA) is 65.0 Å². The smallest absolute Gasteiger partial charge is 0.203 e. The zero-order valence-corrected chi connectivity index (χ0v) is 16.2. The molecule has 0 spiro atoms. The quantitative estimate of drug-likeness (QED) is 0.452. The number of aromatic nitrogens is 1. The average molecular weight is 383 g/mol. The number of nitrogens with zero attached hydrogens (tertiary/aromatic N) is 2. The number of hydrogen-bond acceptors (Lipinski definition) is 7. The summed E-state index contributed by atoms with van der Waals surface area (Å²) in [6.07, 6.45) is 1.74. The first kappa shape index (κ1) is 18.7. The number of nitrogens with one attached hydrogen (secondary N) is 1. The molecule has 0 aliphatic carbocycles. The van der Waals surface area contributed by atoms with Crippen LogP contribution in [0.1, 0.15) is 12.5 Å². The fourth-order valence-corrected chi connectivity index (χ4v) is 3.10. The average Bonchev–Trinajstić information content (AvgIpc) is 3.18. The number of thiazole rings is 1. The maximum absolute atomic E-state index is 5.43. The number of benzene rings is 2. The molecule has 140 valence electrons. The standard InChI is InChI=1S/C20H21N3O3S/c1-4-26-16-8-5-14(6-9-16)12-21-23-20-22-17(13-27-20)15-7-10-18(24-2)19(11-15)25-3/h5-13H,4H2,1-3H3,(H,22,23)/b21-12+. The zero-order valence-electron chi connectivity index (χ0n) is 15.4. The first-order valence-corrected chi connectivity index (χ1v) is 9.31. The summed E-state index contributed by atoms with van der Waals surface area (Å²) in [5, 5.41) is 6.92. The zero-order chi connectivity index (χ0) is 19.1. The lowest BCUT2D eigenvalue weighted by molar-refractivity contribution is 0.340. The van der Waals surface area contributed by atoms with Crippen LogP contribution in [0.15, 0.2) is 52.9 Å². The summed E-state index contributed by atoms with van der Waals surface area (Å²) < 4.78 is 16.0. The molecule has 6 nitrogen and oxygen atoms in total. The highest BCUT2D eigenvalue weighted by Gasteiger charge is 2.09. The number of hydrazone groups is 1. The van der Waals surface area contributed by atoms with Gasteiger partial charge in [-0.25, -0.2) is 4.98 Å². The first-order valence-electron chi connectivity index (χ1n) is 8.43. The van der Waals surface area contributed by atoms with E-state index in [4.69, 9.17) is 14.2 Å². The van der Waals surface area contributed by atoms with Crippen LogP contribution in [0.4, 0.5) is 5.13 Å². The van der Waals surface area contributed by atoms with E-state index in [1.165, 1.54) is 11.3 Å². The molecule has 7 heteroatoms. The highest BCUT2D eigenvalue weighted by molar-refractivity contribution is 7.14. The van der Waals surface area contributed by atoms with E-state index in [1.807, 2.05) is 54.8 Å². The molecule has 0 saturated carbocycles. The third-order valence-corrected chi connectivity index (χ3v) is 4.50. The molecule has 27 heavy (non-hydrogen) atoms. The molecular formula is C20H21N3O3S. The fourth-order valence-electron chi connectivity index (χ4n) is 2.43. The van der Waals surface area contributed by atoms with Crippen LogP contribution in [0.5, 0.6) is 17.2 Å². The molecule has 0 amide bonds. The van der Waals surface area contributed by atoms with Crippen LogP contribution < -0.4 is 19.6 Å². The fraction of sp³-hybridized carbons (Fsp3) is 0.200. The molecule has 0 radical (unpaired) electrons. The lowest BCUT2D eigenvalue weighted by atomic mass is 10.1. The summed E-state index contributed by atoms with van der Waals surface area (Å²) in [4.78, 5) is 4.56. The van der Waals surface area contributed by atoms with Gasteiger partial charge in [-0.05, 0) is 55.0 Å². The Morgan fingerprint density at radius 1 is 1.07 bits per heavy atom.